The Hall–Kier alpha value is -2.50. The number of aromatic nitrogens is 3. The normalized spacial score (nSPS) is 10.1. The summed E-state index contributed by atoms with van der Waals surface area (Å²) in [6.07, 6.45) is 2.94. The fourth-order valence-corrected chi connectivity index (χ4v) is 1.41. The van der Waals surface area contributed by atoms with Gasteiger partial charge in [-0.25, -0.2) is 9.97 Å². The number of carbonyl (C=O) groups is 1. The van der Waals surface area contributed by atoms with Crippen molar-refractivity contribution in [3.05, 3.63) is 52.8 Å². The molecule has 0 bridgehead atoms. The first-order valence-corrected chi connectivity index (χ1v) is 5.39. The van der Waals surface area contributed by atoms with Gasteiger partial charge in [0, 0.05) is 18.0 Å². The van der Waals surface area contributed by atoms with E-state index in [4.69, 9.17) is 0 Å². The molecule has 0 aliphatic carbocycles. The standard InChI is InChI=1S/C12H12N4O2/c1-9-6-12(18)16(8-14-9)7-11(17)15-10-4-2-3-5-13-10/h2-6,8H,7H2,1H3,(H,13,15,17). The average molecular weight is 244 g/mol. The molecule has 2 rings (SSSR count). The Morgan fingerprint density at radius 1 is 1.39 bits per heavy atom. The van der Waals surface area contributed by atoms with Gasteiger partial charge in [-0.3, -0.25) is 14.2 Å². The summed E-state index contributed by atoms with van der Waals surface area (Å²) < 4.78 is 1.24. The minimum atomic E-state index is -0.318. The van der Waals surface area contributed by atoms with Crippen LogP contribution < -0.4 is 10.9 Å². The fraction of sp³-hybridized carbons (Fsp3) is 0.167. The molecular formula is C12H12N4O2. The van der Waals surface area contributed by atoms with Gasteiger partial charge in [0.2, 0.25) is 5.91 Å². The number of amides is 1. The molecule has 0 aliphatic heterocycles. The van der Waals surface area contributed by atoms with E-state index in [-0.39, 0.29) is 18.0 Å². The van der Waals surface area contributed by atoms with E-state index in [0.717, 1.165) is 0 Å². The zero-order chi connectivity index (χ0) is 13.0. The van der Waals surface area contributed by atoms with Crippen molar-refractivity contribution in [2.45, 2.75) is 13.5 Å². The minimum absolute atomic E-state index is 0.0807. The summed E-state index contributed by atoms with van der Waals surface area (Å²) in [7, 11) is 0. The van der Waals surface area contributed by atoms with Crippen LogP contribution in [0.2, 0.25) is 0 Å². The van der Waals surface area contributed by atoms with Gasteiger partial charge in [0.15, 0.2) is 0 Å². The number of carbonyl (C=O) groups excluding carboxylic acids is 1. The second kappa shape index (κ2) is 5.22. The van der Waals surface area contributed by atoms with Crippen LogP contribution >= 0.6 is 0 Å². The highest BCUT2D eigenvalue weighted by atomic mass is 16.2. The van der Waals surface area contributed by atoms with Gasteiger partial charge in [-0.1, -0.05) is 6.07 Å². The Bertz CT molecular complexity index is 607. The summed E-state index contributed by atoms with van der Waals surface area (Å²) in [6, 6.07) is 6.58. The maximum Gasteiger partial charge on any atom is 0.253 e. The number of anilines is 1. The van der Waals surface area contributed by atoms with Crippen LogP contribution in [-0.4, -0.2) is 20.4 Å². The molecule has 0 saturated carbocycles. The third-order valence-electron chi connectivity index (χ3n) is 2.26. The van der Waals surface area contributed by atoms with Crippen molar-refractivity contribution < 1.29 is 4.79 Å². The zero-order valence-corrected chi connectivity index (χ0v) is 9.83. The van der Waals surface area contributed by atoms with Gasteiger partial charge in [0.05, 0.1) is 6.33 Å². The van der Waals surface area contributed by atoms with Crippen LogP contribution in [0.15, 0.2) is 41.6 Å². The third kappa shape index (κ3) is 3.00. The minimum Gasteiger partial charge on any atom is -0.309 e. The molecule has 2 heterocycles. The number of rotatable bonds is 3. The lowest BCUT2D eigenvalue weighted by atomic mass is 10.4. The molecule has 0 atom stereocenters. The average Bonchev–Trinajstić information content (AvgIpc) is 2.34. The van der Waals surface area contributed by atoms with Crippen molar-refractivity contribution in [2.24, 2.45) is 0 Å². The molecule has 6 heteroatoms. The molecule has 0 saturated heterocycles. The van der Waals surface area contributed by atoms with E-state index in [1.807, 2.05) is 0 Å². The van der Waals surface area contributed by atoms with Gasteiger partial charge in [0.1, 0.15) is 12.4 Å². The highest BCUT2D eigenvalue weighted by Crippen LogP contribution is 1.99. The van der Waals surface area contributed by atoms with E-state index in [0.29, 0.717) is 11.5 Å². The first-order valence-electron chi connectivity index (χ1n) is 5.39. The number of hydrogen-bond acceptors (Lipinski definition) is 4. The summed E-state index contributed by atoms with van der Waals surface area (Å²) in [4.78, 5) is 31.2. The molecule has 0 aromatic carbocycles. The predicted molar refractivity (Wildman–Crippen MR) is 66.1 cm³/mol. The molecular weight excluding hydrogens is 232 g/mol. The molecule has 6 nitrogen and oxygen atoms in total. The molecule has 1 N–H and O–H groups in total. The van der Waals surface area contributed by atoms with E-state index >= 15 is 0 Å². The van der Waals surface area contributed by atoms with Crippen molar-refractivity contribution >= 4 is 11.7 Å². The molecule has 0 unspecified atom stereocenters. The second-order valence-corrected chi connectivity index (χ2v) is 3.76. The quantitative estimate of drug-likeness (QED) is 0.857. The van der Waals surface area contributed by atoms with Crippen LogP contribution in [-0.2, 0) is 11.3 Å². The predicted octanol–water partition coefficient (Wildman–Crippen LogP) is 0.585. The molecule has 0 radical (unpaired) electrons. The summed E-state index contributed by atoms with van der Waals surface area (Å²) in [5, 5.41) is 2.59. The van der Waals surface area contributed by atoms with Crippen LogP contribution in [0, 0.1) is 6.92 Å². The van der Waals surface area contributed by atoms with E-state index in [9.17, 15) is 9.59 Å². The van der Waals surface area contributed by atoms with Crippen molar-refractivity contribution in [2.75, 3.05) is 5.32 Å². The SMILES string of the molecule is Cc1cc(=O)n(CC(=O)Nc2ccccn2)cn1. The molecule has 0 aliphatic rings. The van der Waals surface area contributed by atoms with Crippen molar-refractivity contribution in [1.82, 2.24) is 14.5 Å². The Morgan fingerprint density at radius 2 is 2.22 bits per heavy atom. The molecule has 2 aromatic rings. The summed E-state index contributed by atoms with van der Waals surface area (Å²) in [5.41, 5.74) is 0.375. The number of pyridine rings is 1. The highest BCUT2D eigenvalue weighted by molar-refractivity contribution is 5.89. The third-order valence-corrected chi connectivity index (χ3v) is 2.26. The first kappa shape index (κ1) is 12.0. The molecule has 2 aromatic heterocycles. The van der Waals surface area contributed by atoms with E-state index in [2.05, 4.69) is 15.3 Å². The number of aryl methyl sites for hydroxylation is 1. The maximum absolute atomic E-state index is 11.7. The van der Waals surface area contributed by atoms with Crippen LogP contribution in [0.5, 0.6) is 0 Å². The maximum atomic E-state index is 11.7. The van der Waals surface area contributed by atoms with Gasteiger partial charge in [-0.05, 0) is 19.1 Å². The Kier molecular flexibility index (Phi) is 3.47. The lowest BCUT2D eigenvalue weighted by Crippen LogP contribution is -2.27. The van der Waals surface area contributed by atoms with Gasteiger partial charge < -0.3 is 5.32 Å². The number of nitrogens with one attached hydrogen (secondary N) is 1. The topological polar surface area (TPSA) is 76.9 Å². The fourth-order valence-electron chi connectivity index (χ4n) is 1.41. The van der Waals surface area contributed by atoms with Gasteiger partial charge in [0.25, 0.3) is 5.56 Å². The molecule has 1 amide bonds. The van der Waals surface area contributed by atoms with Crippen LogP contribution in [0.4, 0.5) is 5.82 Å². The first-order chi connectivity index (χ1) is 8.65. The van der Waals surface area contributed by atoms with Crippen LogP contribution in [0.25, 0.3) is 0 Å². The van der Waals surface area contributed by atoms with Crippen LogP contribution in [0.1, 0.15) is 5.69 Å². The van der Waals surface area contributed by atoms with Gasteiger partial charge in [-0.15, -0.1) is 0 Å². The molecule has 0 spiro atoms. The zero-order valence-electron chi connectivity index (χ0n) is 9.83. The van der Waals surface area contributed by atoms with Crippen molar-refractivity contribution in [3.8, 4) is 0 Å². The molecule has 92 valence electrons. The lowest BCUT2D eigenvalue weighted by Gasteiger charge is -2.06. The monoisotopic (exact) mass is 244 g/mol. The second-order valence-electron chi connectivity index (χ2n) is 3.76. The van der Waals surface area contributed by atoms with Crippen molar-refractivity contribution in [1.29, 1.82) is 0 Å². The largest absolute Gasteiger partial charge is 0.309 e. The molecule has 18 heavy (non-hydrogen) atoms. The lowest BCUT2D eigenvalue weighted by molar-refractivity contribution is -0.116. The number of hydrogen-bond donors (Lipinski definition) is 1. The molecule has 0 fully saturated rings. The summed E-state index contributed by atoms with van der Waals surface area (Å²) in [6.45, 7) is 1.64. The summed E-state index contributed by atoms with van der Waals surface area (Å²) in [5.74, 6) is 0.136. The smallest absolute Gasteiger partial charge is 0.253 e. The van der Waals surface area contributed by atoms with E-state index < -0.39 is 0 Å². The van der Waals surface area contributed by atoms with E-state index in [1.54, 1.807) is 31.3 Å². The van der Waals surface area contributed by atoms with Gasteiger partial charge >= 0.3 is 0 Å². The summed E-state index contributed by atoms with van der Waals surface area (Å²) >= 11 is 0. The highest BCUT2D eigenvalue weighted by Gasteiger charge is 2.05. The van der Waals surface area contributed by atoms with E-state index in [1.165, 1.54) is 17.0 Å². The van der Waals surface area contributed by atoms with Crippen molar-refractivity contribution in [3.63, 3.8) is 0 Å². The Balaban J connectivity index is 2.06. The van der Waals surface area contributed by atoms with Gasteiger partial charge in [-0.2, -0.15) is 0 Å². The number of nitrogens with zero attached hydrogens (tertiary/aromatic N) is 3. The van der Waals surface area contributed by atoms with Crippen LogP contribution in [0.3, 0.4) is 0 Å². The Labute approximate surface area is 103 Å². The Morgan fingerprint density at radius 3 is 2.89 bits per heavy atom.